The number of hydrogen-bond acceptors (Lipinski definition) is 2. The van der Waals surface area contributed by atoms with Gasteiger partial charge in [-0.3, -0.25) is 4.79 Å². The molecule has 1 unspecified atom stereocenters. The maximum Gasteiger partial charge on any atom is 0.317 e. The molecular formula is C12H22N2O3. The van der Waals surface area contributed by atoms with Crippen molar-refractivity contribution in [3.63, 3.8) is 0 Å². The lowest BCUT2D eigenvalue weighted by Gasteiger charge is -2.42. The minimum Gasteiger partial charge on any atom is -0.481 e. The van der Waals surface area contributed by atoms with Gasteiger partial charge in [0.2, 0.25) is 0 Å². The molecule has 0 spiro atoms. The van der Waals surface area contributed by atoms with Crippen LogP contribution in [0.2, 0.25) is 0 Å². The van der Waals surface area contributed by atoms with Crippen molar-refractivity contribution in [3.8, 4) is 0 Å². The van der Waals surface area contributed by atoms with Gasteiger partial charge < -0.3 is 15.3 Å². The van der Waals surface area contributed by atoms with Crippen LogP contribution in [0, 0.1) is 5.92 Å². The molecule has 98 valence electrons. The van der Waals surface area contributed by atoms with Crippen molar-refractivity contribution in [3.05, 3.63) is 0 Å². The molecule has 0 radical (unpaired) electrons. The van der Waals surface area contributed by atoms with Crippen molar-refractivity contribution >= 4 is 12.0 Å². The van der Waals surface area contributed by atoms with Gasteiger partial charge in [-0.15, -0.1) is 0 Å². The van der Waals surface area contributed by atoms with Gasteiger partial charge in [-0.05, 0) is 25.7 Å². The van der Waals surface area contributed by atoms with Crippen molar-refractivity contribution in [1.29, 1.82) is 0 Å². The molecule has 1 fully saturated rings. The van der Waals surface area contributed by atoms with Crippen LogP contribution in [0.3, 0.4) is 0 Å². The van der Waals surface area contributed by atoms with Gasteiger partial charge in [-0.2, -0.15) is 0 Å². The van der Waals surface area contributed by atoms with Gasteiger partial charge in [0, 0.05) is 19.1 Å². The van der Waals surface area contributed by atoms with E-state index in [4.69, 9.17) is 5.11 Å². The summed E-state index contributed by atoms with van der Waals surface area (Å²) in [6.07, 6.45) is 4.14. The molecule has 5 nitrogen and oxygen atoms in total. The maximum absolute atomic E-state index is 11.9. The number of carboxylic acid groups (broad SMARTS) is 1. The average Bonchev–Trinajstić information content (AvgIpc) is 2.22. The molecule has 0 bridgehead atoms. The Morgan fingerprint density at radius 3 is 2.41 bits per heavy atom. The maximum atomic E-state index is 11.9. The highest BCUT2D eigenvalue weighted by molar-refractivity contribution is 5.76. The lowest BCUT2D eigenvalue weighted by Crippen LogP contribution is -2.56. The molecule has 1 saturated carbocycles. The number of hydrogen-bond donors (Lipinski definition) is 2. The minimum atomic E-state index is -0.876. The van der Waals surface area contributed by atoms with E-state index in [1.807, 2.05) is 0 Å². The normalized spacial score (nSPS) is 19.0. The molecule has 0 heterocycles. The van der Waals surface area contributed by atoms with Crippen LogP contribution in [0.15, 0.2) is 0 Å². The lowest BCUT2D eigenvalue weighted by molar-refractivity contribution is -0.141. The number of nitrogens with zero attached hydrogens (tertiary/aromatic N) is 1. The molecule has 0 aromatic rings. The summed E-state index contributed by atoms with van der Waals surface area (Å²) in [6, 6.07) is -0.167. The minimum absolute atomic E-state index is 0.0438. The Balaban J connectivity index is 2.44. The summed E-state index contributed by atoms with van der Waals surface area (Å²) in [4.78, 5) is 24.1. The van der Waals surface area contributed by atoms with E-state index in [1.54, 1.807) is 14.0 Å². The third-order valence-electron chi connectivity index (χ3n) is 3.68. The molecular weight excluding hydrogens is 220 g/mol. The largest absolute Gasteiger partial charge is 0.481 e. The van der Waals surface area contributed by atoms with Crippen molar-refractivity contribution in [2.24, 2.45) is 5.92 Å². The number of carboxylic acids is 1. The van der Waals surface area contributed by atoms with Gasteiger partial charge in [0.05, 0.1) is 5.92 Å². The predicted molar refractivity (Wildman–Crippen MR) is 64.8 cm³/mol. The number of rotatable bonds is 5. The Morgan fingerprint density at radius 1 is 1.47 bits per heavy atom. The Labute approximate surface area is 102 Å². The summed E-state index contributed by atoms with van der Waals surface area (Å²) in [6.45, 7) is 3.91. The number of urea groups is 1. The molecule has 0 aromatic carbocycles. The Morgan fingerprint density at radius 2 is 2.06 bits per heavy atom. The fourth-order valence-corrected chi connectivity index (χ4v) is 2.06. The predicted octanol–water partition coefficient (Wildman–Crippen LogP) is 1.68. The van der Waals surface area contributed by atoms with Gasteiger partial charge in [-0.25, -0.2) is 4.79 Å². The second-order valence-corrected chi connectivity index (χ2v) is 5.04. The van der Waals surface area contributed by atoms with E-state index in [2.05, 4.69) is 12.2 Å². The number of carbonyl (C=O) groups is 2. The fourth-order valence-electron chi connectivity index (χ4n) is 2.06. The molecule has 1 atom stereocenters. The summed E-state index contributed by atoms with van der Waals surface area (Å²) in [5.41, 5.74) is -0.0438. The summed E-state index contributed by atoms with van der Waals surface area (Å²) in [5, 5.41) is 11.8. The van der Waals surface area contributed by atoms with E-state index >= 15 is 0 Å². The molecule has 17 heavy (non-hydrogen) atoms. The van der Waals surface area contributed by atoms with Crippen molar-refractivity contribution in [1.82, 2.24) is 10.2 Å². The first kappa shape index (κ1) is 13.8. The van der Waals surface area contributed by atoms with Crippen LogP contribution in [0.1, 0.15) is 39.5 Å². The molecule has 1 rings (SSSR count). The van der Waals surface area contributed by atoms with Crippen LogP contribution in [-0.4, -0.2) is 41.1 Å². The second-order valence-electron chi connectivity index (χ2n) is 5.04. The zero-order valence-electron chi connectivity index (χ0n) is 10.8. The molecule has 1 aliphatic carbocycles. The topological polar surface area (TPSA) is 69.6 Å². The zero-order valence-corrected chi connectivity index (χ0v) is 10.8. The van der Waals surface area contributed by atoms with Crippen molar-refractivity contribution < 1.29 is 14.7 Å². The summed E-state index contributed by atoms with van der Waals surface area (Å²) in [7, 11) is 1.64. The fraction of sp³-hybridized carbons (Fsp3) is 0.833. The monoisotopic (exact) mass is 242 g/mol. The average molecular weight is 242 g/mol. The number of carbonyl (C=O) groups excluding carboxylic acids is 1. The van der Waals surface area contributed by atoms with Crippen LogP contribution < -0.4 is 5.32 Å². The SMILES string of the molecule is CCC1(NC(=O)N(C)CC(C)C(=O)O)CCC1. The van der Waals surface area contributed by atoms with Gasteiger partial charge in [0.1, 0.15) is 0 Å². The standard InChI is InChI=1S/C12H22N2O3/c1-4-12(6-5-7-12)13-11(17)14(3)8-9(2)10(15)16/h9H,4-8H2,1-3H3,(H,13,17)(H,15,16). The summed E-state index contributed by atoms with van der Waals surface area (Å²) < 4.78 is 0. The zero-order chi connectivity index (χ0) is 13.1. The number of amides is 2. The van der Waals surface area contributed by atoms with Gasteiger partial charge >= 0.3 is 12.0 Å². The Kier molecular flexibility index (Phi) is 4.37. The van der Waals surface area contributed by atoms with Crippen LogP contribution in [0.4, 0.5) is 4.79 Å². The quantitative estimate of drug-likeness (QED) is 0.770. The third kappa shape index (κ3) is 3.35. The molecule has 5 heteroatoms. The van der Waals surface area contributed by atoms with E-state index in [-0.39, 0.29) is 18.1 Å². The van der Waals surface area contributed by atoms with E-state index < -0.39 is 11.9 Å². The van der Waals surface area contributed by atoms with Crippen LogP contribution in [0.5, 0.6) is 0 Å². The first-order valence-electron chi connectivity index (χ1n) is 6.16. The Hall–Kier alpha value is -1.26. The highest BCUT2D eigenvalue weighted by Crippen LogP contribution is 2.34. The molecule has 0 saturated heterocycles. The highest BCUT2D eigenvalue weighted by Gasteiger charge is 2.37. The van der Waals surface area contributed by atoms with E-state index in [9.17, 15) is 9.59 Å². The first-order valence-corrected chi connectivity index (χ1v) is 6.16. The molecule has 0 aromatic heterocycles. The second kappa shape index (κ2) is 5.38. The van der Waals surface area contributed by atoms with Crippen molar-refractivity contribution in [2.45, 2.75) is 45.1 Å². The van der Waals surface area contributed by atoms with Gasteiger partial charge in [-0.1, -0.05) is 13.8 Å². The summed E-state index contributed by atoms with van der Waals surface area (Å²) >= 11 is 0. The molecule has 2 N–H and O–H groups in total. The Bertz CT molecular complexity index is 295. The van der Waals surface area contributed by atoms with Gasteiger partial charge in [0.15, 0.2) is 0 Å². The first-order chi connectivity index (χ1) is 7.90. The van der Waals surface area contributed by atoms with Gasteiger partial charge in [0.25, 0.3) is 0 Å². The summed E-state index contributed by atoms with van der Waals surface area (Å²) in [5.74, 6) is -1.41. The number of aliphatic carboxylic acids is 1. The third-order valence-corrected chi connectivity index (χ3v) is 3.68. The molecule has 0 aliphatic heterocycles. The highest BCUT2D eigenvalue weighted by atomic mass is 16.4. The van der Waals surface area contributed by atoms with Crippen LogP contribution >= 0.6 is 0 Å². The lowest BCUT2D eigenvalue weighted by atomic mass is 9.75. The van der Waals surface area contributed by atoms with Crippen LogP contribution in [-0.2, 0) is 4.79 Å². The number of nitrogens with one attached hydrogen (secondary N) is 1. The molecule has 2 amide bonds. The smallest absolute Gasteiger partial charge is 0.317 e. The van der Waals surface area contributed by atoms with Crippen molar-refractivity contribution in [2.75, 3.05) is 13.6 Å². The van der Waals surface area contributed by atoms with Crippen LogP contribution in [0.25, 0.3) is 0 Å². The van der Waals surface area contributed by atoms with E-state index in [0.717, 1.165) is 25.7 Å². The van der Waals surface area contributed by atoms with E-state index in [0.29, 0.717) is 0 Å². The van der Waals surface area contributed by atoms with E-state index in [1.165, 1.54) is 4.90 Å². The molecule has 1 aliphatic rings.